The third-order valence-electron chi connectivity index (χ3n) is 4.00. The van der Waals surface area contributed by atoms with Crippen LogP contribution < -0.4 is 5.32 Å². The first-order valence-corrected chi connectivity index (χ1v) is 8.32. The van der Waals surface area contributed by atoms with Crippen LogP contribution in [0.4, 0.5) is 0 Å². The van der Waals surface area contributed by atoms with Crippen LogP contribution in [0.3, 0.4) is 0 Å². The molecule has 4 heteroatoms. The van der Waals surface area contributed by atoms with Gasteiger partial charge in [0.2, 0.25) is 0 Å². The number of furan rings is 1. The molecule has 0 saturated heterocycles. The van der Waals surface area contributed by atoms with Crippen molar-refractivity contribution in [3.05, 3.63) is 83.1 Å². The Morgan fingerprint density at radius 3 is 2.42 bits per heavy atom. The molecule has 124 valence electrons. The van der Waals surface area contributed by atoms with Crippen molar-refractivity contribution in [2.24, 2.45) is 0 Å². The smallest absolute Gasteiger partial charge is 0.134 e. The molecule has 0 fully saturated rings. The Bertz CT molecular complexity index is 768. The lowest BCUT2D eigenvalue weighted by Crippen LogP contribution is -2.31. The molecular formula is C20H20ClNO2. The molecule has 1 heterocycles. The normalized spacial score (nSPS) is 13.6. The van der Waals surface area contributed by atoms with Gasteiger partial charge in [-0.15, -0.1) is 0 Å². The molecule has 3 nitrogen and oxygen atoms in total. The van der Waals surface area contributed by atoms with Gasteiger partial charge in [-0.05, 0) is 48.9 Å². The second-order valence-corrected chi connectivity index (χ2v) is 6.23. The Morgan fingerprint density at radius 1 is 1.00 bits per heavy atom. The van der Waals surface area contributed by atoms with Crippen LogP contribution in [-0.2, 0) is 6.54 Å². The summed E-state index contributed by atoms with van der Waals surface area (Å²) in [5.41, 5.74) is 1.89. The van der Waals surface area contributed by atoms with Gasteiger partial charge in [0, 0.05) is 16.6 Å². The Hall–Kier alpha value is -2.07. The molecule has 0 unspecified atom stereocenters. The van der Waals surface area contributed by atoms with Crippen LogP contribution in [0.25, 0.3) is 11.3 Å². The number of aliphatic hydroxyl groups is 1. The molecule has 0 spiro atoms. The largest absolute Gasteiger partial charge is 0.460 e. The number of aliphatic hydroxyl groups excluding tert-OH is 1. The molecule has 0 aliphatic heterocycles. The van der Waals surface area contributed by atoms with Crippen LogP contribution in [0.5, 0.6) is 0 Å². The second-order valence-electron chi connectivity index (χ2n) is 5.80. The van der Waals surface area contributed by atoms with Crippen molar-refractivity contribution in [1.82, 2.24) is 5.32 Å². The van der Waals surface area contributed by atoms with Crippen LogP contribution in [0.1, 0.15) is 24.4 Å². The average Bonchev–Trinajstić information content (AvgIpc) is 3.09. The molecule has 2 aromatic carbocycles. The van der Waals surface area contributed by atoms with Crippen molar-refractivity contribution in [3.63, 3.8) is 0 Å². The maximum Gasteiger partial charge on any atom is 0.134 e. The van der Waals surface area contributed by atoms with Gasteiger partial charge in [-0.25, -0.2) is 0 Å². The predicted octanol–water partition coefficient (Wildman–Crippen LogP) is 4.81. The highest BCUT2D eigenvalue weighted by atomic mass is 35.5. The minimum absolute atomic E-state index is 0.0866. The van der Waals surface area contributed by atoms with Gasteiger partial charge < -0.3 is 14.8 Å². The van der Waals surface area contributed by atoms with E-state index in [2.05, 4.69) is 5.32 Å². The SMILES string of the molecule is C[C@@H](NCc1ccc(-c2ccc(Cl)cc2)o1)[C@@H](O)c1ccccc1. The minimum atomic E-state index is -0.558. The summed E-state index contributed by atoms with van der Waals surface area (Å²) >= 11 is 5.90. The summed E-state index contributed by atoms with van der Waals surface area (Å²) in [5.74, 6) is 1.63. The first-order chi connectivity index (χ1) is 11.6. The van der Waals surface area contributed by atoms with Crippen LogP contribution in [0, 0.1) is 0 Å². The quantitative estimate of drug-likeness (QED) is 0.676. The van der Waals surface area contributed by atoms with E-state index in [9.17, 15) is 5.11 Å². The molecule has 0 aliphatic carbocycles. The van der Waals surface area contributed by atoms with Crippen LogP contribution in [-0.4, -0.2) is 11.1 Å². The van der Waals surface area contributed by atoms with E-state index in [0.29, 0.717) is 11.6 Å². The predicted molar refractivity (Wildman–Crippen MR) is 96.9 cm³/mol. The number of hydrogen-bond acceptors (Lipinski definition) is 3. The van der Waals surface area contributed by atoms with E-state index >= 15 is 0 Å². The number of benzene rings is 2. The van der Waals surface area contributed by atoms with E-state index in [1.54, 1.807) is 0 Å². The van der Waals surface area contributed by atoms with Gasteiger partial charge in [-0.2, -0.15) is 0 Å². The van der Waals surface area contributed by atoms with Gasteiger partial charge in [0.05, 0.1) is 12.6 Å². The molecule has 24 heavy (non-hydrogen) atoms. The Kier molecular flexibility index (Phi) is 5.36. The summed E-state index contributed by atoms with van der Waals surface area (Å²) in [4.78, 5) is 0. The molecule has 0 aliphatic rings. The fourth-order valence-electron chi connectivity index (χ4n) is 2.55. The Morgan fingerprint density at radius 2 is 1.71 bits per heavy atom. The average molecular weight is 342 g/mol. The zero-order valence-electron chi connectivity index (χ0n) is 13.4. The number of hydrogen-bond donors (Lipinski definition) is 2. The number of rotatable bonds is 6. The lowest BCUT2D eigenvalue weighted by atomic mass is 10.0. The van der Waals surface area contributed by atoms with Gasteiger partial charge in [0.15, 0.2) is 0 Å². The van der Waals surface area contributed by atoms with Crippen LogP contribution in [0.15, 0.2) is 71.1 Å². The number of halogens is 1. The maximum atomic E-state index is 10.4. The van der Waals surface area contributed by atoms with Crippen LogP contribution >= 0.6 is 11.6 Å². The van der Waals surface area contributed by atoms with E-state index in [1.807, 2.05) is 73.7 Å². The second kappa shape index (κ2) is 7.67. The zero-order chi connectivity index (χ0) is 16.9. The molecule has 1 aromatic heterocycles. The summed E-state index contributed by atoms with van der Waals surface area (Å²) in [6.45, 7) is 2.51. The van der Waals surface area contributed by atoms with Crippen molar-refractivity contribution in [2.45, 2.75) is 25.6 Å². The zero-order valence-corrected chi connectivity index (χ0v) is 14.2. The summed E-state index contributed by atoms with van der Waals surface area (Å²) in [7, 11) is 0. The van der Waals surface area contributed by atoms with Crippen LogP contribution in [0.2, 0.25) is 5.02 Å². The fourth-order valence-corrected chi connectivity index (χ4v) is 2.68. The van der Waals surface area contributed by atoms with E-state index in [1.165, 1.54) is 0 Å². The standard InChI is InChI=1S/C20H20ClNO2/c1-14(20(23)16-5-3-2-4-6-16)22-13-18-11-12-19(24-18)15-7-9-17(21)10-8-15/h2-12,14,20,22-23H,13H2,1H3/t14-,20-/m1/s1. The van der Waals surface area contributed by atoms with Gasteiger partial charge >= 0.3 is 0 Å². The summed E-state index contributed by atoms with van der Waals surface area (Å²) in [6.07, 6.45) is -0.558. The fraction of sp³-hybridized carbons (Fsp3) is 0.200. The third-order valence-corrected chi connectivity index (χ3v) is 4.26. The molecule has 2 atom stereocenters. The van der Waals surface area contributed by atoms with E-state index in [0.717, 1.165) is 22.6 Å². The summed E-state index contributed by atoms with van der Waals surface area (Å²) < 4.78 is 5.86. The van der Waals surface area contributed by atoms with Crippen molar-refractivity contribution < 1.29 is 9.52 Å². The van der Waals surface area contributed by atoms with Crippen molar-refractivity contribution in [1.29, 1.82) is 0 Å². The van der Waals surface area contributed by atoms with E-state index < -0.39 is 6.10 Å². The first-order valence-electron chi connectivity index (χ1n) is 7.94. The highest BCUT2D eigenvalue weighted by Crippen LogP contribution is 2.24. The summed E-state index contributed by atoms with van der Waals surface area (Å²) in [5, 5.41) is 14.4. The van der Waals surface area contributed by atoms with Gasteiger partial charge in [-0.1, -0.05) is 41.9 Å². The molecular weight excluding hydrogens is 322 g/mol. The molecule has 2 N–H and O–H groups in total. The minimum Gasteiger partial charge on any atom is -0.460 e. The first kappa shape index (κ1) is 16.8. The molecule has 0 saturated carbocycles. The van der Waals surface area contributed by atoms with E-state index in [-0.39, 0.29) is 6.04 Å². The summed E-state index contributed by atoms with van der Waals surface area (Å²) in [6, 6.07) is 21.0. The Labute approximate surface area is 146 Å². The van der Waals surface area contributed by atoms with Crippen molar-refractivity contribution in [3.8, 4) is 11.3 Å². The monoisotopic (exact) mass is 341 g/mol. The molecule has 3 aromatic rings. The van der Waals surface area contributed by atoms with E-state index in [4.69, 9.17) is 16.0 Å². The van der Waals surface area contributed by atoms with Crippen molar-refractivity contribution >= 4 is 11.6 Å². The lowest BCUT2D eigenvalue weighted by Gasteiger charge is -2.20. The van der Waals surface area contributed by atoms with Gasteiger partial charge in [0.1, 0.15) is 11.5 Å². The molecule has 0 amide bonds. The maximum absolute atomic E-state index is 10.4. The van der Waals surface area contributed by atoms with Gasteiger partial charge in [0.25, 0.3) is 0 Å². The lowest BCUT2D eigenvalue weighted by molar-refractivity contribution is 0.134. The topological polar surface area (TPSA) is 45.4 Å². The van der Waals surface area contributed by atoms with Gasteiger partial charge in [-0.3, -0.25) is 0 Å². The molecule has 0 bridgehead atoms. The molecule has 3 rings (SSSR count). The highest BCUT2D eigenvalue weighted by Gasteiger charge is 2.16. The third kappa shape index (κ3) is 4.06. The number of nitrogens with one attached hydrogen (secondary N) is 1. The Balaban J connectivity index is 1.60. The highest BCUT2D eigenvalue weighted by molar-refractivity contribution is 6.30. The molecule has 0 radical (unpaired) electrons. The van der Waals surface area contributed by atoms with Crippen molar-refractivity contribution in [2.75, 3.05) is 0 Å².